The van der Waals surface area contributed by atoms with Gasteiger partial charge in [-0.15, -0.1) is 0 Å². The Kier molecular flexibility index (Phi) is 6.68. The van der Waals surface area contributed by atoms with Crippen LogP contribution < -0.4 is 9.47 Å². The molecule has 2 aromatic heterocycles. The molecular weight excluding hydrogens is 556 g/mol. The van der Waals surface area contributed by atoms with Crippen LogP contribution in [0.15, 0.2) is 60.8 Å². The van der Waals surface area contributed by atoms with E-state index in [1.54, 1.807) is 30.5 Å². The number of carboxylic acid groups (broad SMARTS) is 1. The topological polar surface area (TPSA) is 98.9 Å². The summed E-state index contributed by atoms with van der Waals surface area (Å²) in [6.45, 7) is 7.01. The van der Waals surface area contributed by atoms with Crippen molar-refractivity contribution >= 4 is 34.2 Å². The minimum Gasteiger partial charge on any atom is -0.478 e. The normalized spacial score (nSPS) is 22.5. The Morgan fingerprint density at radius 1 is 1.21 bits per heavy atom. The highest BCUT2D eigenvalue weighted by molar-refractivity contribution is 6.30. The summed E-state index contributed by atoms with van der Waals surface area (Å²) in [7, 11) is 0. The van der Waals surface area contributed by atoms with Crippen molar-refractivity contribution in [2.45, 2.75) is 51.2 Å². The van der Waals surface area contributed by atoms with Crippen LogP contribution in [-0.2, 0) is 17.1 Å². The van der Waals surface area contributed by atoms with E-state index in [9.17, 15) is 9.90 Å². The number of benzene rings is 2. The number of aromatic carboxylic acids is 1. The third kappa shape index (κ3) is 4.71. The lowest BCUT2D eigenvalue weighted by molar-refractivity contribution is -0.0718. The smallest absolute Gasteiger partial charge is 0.335 e. The Hall–Kier alpha value is -3.92. The van der Waals surface area contributed by atoms with E-state index in [2.05, 4.69) is 33.5 Å². The van der Waals surface area contributed by atoms with E-state index in [0.717, 1.165) is 60.7 Å². The van der Waals surface area contributed by atoms with Gasteiger partial charge in [-0.2, -0.15) is 0 Å². The first-order chi connectivity index (χ1) is 20.3. The number of aromatic nitrogens is 3. The summed E-state index contributed by atoms with van der Waals surface area (Å²) in [4.78, 5) is 23.5. The van der Waals surface area contributed by atoms with Gasteiger partial charge in [-0.25, -0.2) is 9.78 Å². The minimum atomic E-state index is -1.04. The van der Waals surface area contributed by atoms with Gasteiger partial charge in [0, 0.05) is 38.4 Å². The number of para-hydroxylation sites is 1. The summed E-state index contributed by atoms with van der Waals surface area (Å²) < 4.78 is 20.6. The van der Waals surface area contributed by atoms with Gasteiger partial charge in [-0.1, -0.05) is 29.8 Å². The molecule has 0 saturated carbocycles. The number of fused-ring (bicyclic) bond motifs is 2. The average Bonchev–Trinajstić information content (AvgIpc) is 3.52. The first-order valence-electron chi connectivity index (χ1n) is 14.2. The second-order valence-electron chi connectivity index (χ2n) is 11.2. The minimum absolute atomic E-state index is 0.0175. The van der Waals surface area contributed by atoms with Crippen LogP contribution in [0.3, 0.4) is 0 Å². The van der Waals surface area contributed by atoms with Gasteiger partial charge in [-0.05, 0) is 61.7 Å². The molecule has 0 bridgehead atoms. The molecule has 3 aliphatic heterocycles. The SMILES string of the molecule is C[C@@H](c1nc2ccc(C(=O)O)cc2n1C[C@@H]1CCO1)N1CC=C(c2cccc3c2O[C@@](C)(c2ccc(Cl)cn2)O3)CC1. The summed E-state index contributed by atoms with van der Waals surface area (Å²) >= 11 is 6.04. The number of carbonyl (C=O) groups is 1. The van der Waals surface area contributed by atoms with Crippen LogP contribution in [0.1, 0.15) is 60.2 Å². The maximum atomic E-state index is 11.7. The van der Waals surface area contributed by atoms with E-state index in [0.29, 0.717) is 23.0 Å². The van der Waals surface area contributed by atoms with Gasteiger partial charge in [0.25, 0.3) is 5.79 Å². The van der Waals surface area contributed by atoms with Crippen LogP contribution >= 0.6 is 11.6 Å². The number of imidazole rings is 1. The molecule has 9 nitrogen and oxygen atoms in total. The molecule has 4 aromatic rings. The van der Waals surface area contributed by atoms with E-state index >= 15 is 0 Å². The Labute approximate surface area is 248 Å². The van der Waals surface area contributed by atoms with Crippen molar-refractivity contribution < 1.29 is 24.1 Å². The maximum Gasteiger partial charge on any atom is 0.335 e. The monoisotopic (exact) mass is 586 g/mol. The standard InChI is InChI=1S/C32H31ClN4O5/c1-19(30-35-25-8-6-21(31(38)39)16-26(25)37(30)18-23-12-15-40-23)36-13-10-20(11-14-36)24-4-3-5-27-29(24)42-32(2,41-27)28-9-7-22(33)17-34-28/h3-10,16-17,19,23H,11-15,18H2,1-2H3,(H,38,39)/t19-,23-,32-/m0/s1. The van der Waals surface area contributed by atoms with Gasteiger partial charge in [0.05, 0.1) is 40.3 Å². The van der Waals surface area contributed by atoms with E-state index < -0.39 is 11.8 Å². The predicted molar refractivity (Wildman–Crippen MR) is 158 cm³/mol. The summed E-state index contributed by atoms with van der Waals surface area (Å²) in [5.74, 6) is 0.350. The number of carboxylic acids is 1. The highest BCUT2D eigenvalue weighted by Gasteiger charge is 2.41. The van der Waals surface area contributed by atoms with Crippen molar-refractivity contribution in [3.8, 4) is 11.5 Å². The number of pyridine rings is 1. The van der Waals surface area contributed by atoms with Crippen molar-refractivity contribution in [3.05, 3.63) is 88.5 Å². The van der Waals surface area contributed by atoms with Crippen molar-refractivity contribution in [1.29, 1.82) is 0 Å². The molecule has 1 saturated heterocycles. The van der Waals surface area contributed by atoms with Crippen molar-refractivity contribution in [2.75, 3.05) is 19.7 Å². The van der Waals surface area contributed by atoms with Gasteiger partial charge in [-0.3, -0.25) is 9.88 Å². The largest absolute Gasteiger partial charge is 0.478 e. The zero-order valence-corrected chi connectivity index (χ0v) is 24.2. The molecule has 5 heterocycles. The van der Waals surface area contributed by atoms with Crippen LogP contribution in [-0.4, -0.2) is 56.3 Å². The maximum absolute atomic E-state index is 11.7. The molecule has 3 atom stereocenters. The molecule has 2 aromatic carbocycles. The average molecular weight is 587 g/mol. The first kappa shape index (κ1) is 26.9. The van der Waals surface area contributed by atoms with Gasteiger partial charge in [0.15, 0.2) is 11.5 Å². The number of nitrogens with zero attached hydrogens (tertiary/aromatic N) is 4. The fourth-order valence-corrected chi connectivity index (χ4v) is 6.10. The Morgan fingerprint density at radius 3 is 2.76 bits per heavy atom. The third-order valence-electron chi connectivity index (χ3n) is 8.49. The zero-order chi connectivity index (χ0) is 29.0. The van der Waals surface area contributed by atoms with Gasteiger partial charge < -0.3 is 23.9 Å². The second-order valence-corrected chi connectivity index (χ2v) is 11.6. The van der Waals surface area contributed by atoms with Crippen LogP contribution in [0.2, 0.25) is 5.02 Å². The highest BCUT2D eigenvalue weighted by atomic mass is 35.5. The number of halogens is 1. The fourth-order valence-electron chi connectivity index (χ4n) is 5.99. The van der Waals surface area contributed by atoms with Crippen LogP contribution in [0.5, 0.6) is 11.5 Å². The van der Waals surface area contributed by atoms with Crippen LogP contribution in [0, 0.1) is 0 Å². The number of rotatable bonds is 7. The molecule has 1 fully saturated rings. The molecule has 0 amide bonds. The zero-order valence-electron chi connectivity index (χ0n) is 23.4. The number of ether oxygens (including phenoxy) is 3. The summed E-state index contributed by atoms with van der Waals surface area (Å²) in [6, 6.07) is 14.7. The summed E-state index contributed by atoms with van der Waals surface area (Å²) in [6.07, 6.45) is 5.78. The fraction of sp³-hybridized carbons (Fsp3) is 0.344. The molecule has 1 N–H and O–H groups in total. The number of hydrogen-bond acceptors (Lipinski definition) is 7. The molecule has 0 unspecified atom stereocenters. The molecule has 42 heavy (non-hydrogen) atoms. The van der Waals surface area contributed by atoms with Gasteiger partial charge >= 0.3 is 5.97 Å². The molecule has 216 valence electrons. The Balaban J connectivity index is 1.14. The lowest BCUT2D eigenvalue weighted by atomic mass is 9.97. The molecule has 10 heteroatoms. The van der Waals surface area contributed by atoms with E-state index in [4.69, 9.17) is 30.8 Å². The van der Waals surface area contributed by atoms with Crippen molar-refractivity contribution in [2.24, 2.45) is 0 Å². The van der Waals surface area contributed by atoms with Crippen LogP contribution in [0.4, 0.5) is 0 Å². The lowest BCUT2D eigenvalue weighted by Gasteiger charge is -2.33. The van der Waals surface area contributed by atoms with E-state index in [1.807, 2.05) is 25.1 Å². The Morgan fingerprint density at radius 2 is 2.07 bits per heavy atom. The summed E-state index contributed by atoms with van der Waals surface area (Å²) in [5, 5.41) is 10.1. The number of hydrogen-bond donors (Lipinski definition) is 1. The lowest BCUT2D eigenvalue weighted by Crippen LogP contribution is -2.35. The van der Waals surface area contributed by atoms with E-state index in [-0.39, 0.29) is 17.7 Å². The first-order valence-corrected chi connectivity index (χ1v) is 14.6. The van der Waals surface area contributed by atoms with Gasteiger partial charge in [0.2, 0.25) is 0 Å². The molecule has 0 radical (unpaired) electrons. The molecular formula is C32H31ClN4O5. The second kappa shape index (κ2) is 10.4. The van der Waals surface area contributed by atoms with Gasteiger partial charge in [0.1, 0.15) is 11.5 Å². The van der Waals surface area contributed by atoms with Crippen LogP contribution in [0.25, 0.3) is 16.6 Å². The summed E-state index contributed by atoms with van der Waals surface area (Å²) in [5.41, 5.74) is 4.76. The molecule has 7 rings (SSSR count). The molecule has 0 aliphatic carbocycles. The molecule has 0 spiro atoms. The third-order valence-corrected chi connectivity index (χ3v) is 8.71. The Bertz CT molecular complexity index is 1710. The van der Waals surface area contributed by atoms with Crippen molar-refractivity contribution in [3.63, 3.8) is 0 Å². The predicted octanol–water partition coefficient (Wildman–Crippen LogP) is 6.07. The molecule has 3 aliphatic rings. The van der Waals surface area contributed by atoms with Crippen molar-refractivity contribution in [1.82, 2.24) is 19.4 Å². The highest BCUT2D eigenvalue weighted by Crippen LogP contribution is 2.48. The quantitative estimate of drug-likeness (QED) is 0.279. The van der Waals surface area contributed by atoms with E-state index in [1.165, 1.54) is 5.57 Å².